The fraction of sp³-hybridized carbons (Fsp3) is 0.231. The third-order valence-corrected chi connectivity index (χ3v) is 2.11. The molecule has 74 valence electrons. The molecule has 0 bridgehead atoms. The Labute approximate surface area is 84.8 Å². The Morgan fingerprint density at radius 3 is 2.43 bits per heavy atom. The maximum absolute atomic E-state index is 13.0. The maximum Gasteiger partial charge on any atom is 0.119 e. The van der Waals surface area contributed by atoms with Crippen LogP contribution < -0.4 is 0 Å². The topological polar surface area (TPSA) is 0 Å². The van der Waals surface area contributed by atoms with Gasteiger partial charge in [-0.15, -0.1) is 0 Å². The molecule has 1 aromatic carbocycles. The second-order valence-corrected chi connectivity index (χ2v) is 3.06. The summed E-state index contributed by atoms with van der Waals surface area (Å²) < 4.78 is 13.0. The first-order valence-corrected chi connectivity index (χ1v) is 4.85. The van der Waals surface area contributed by atoms with Crippen LogP contribution in [0.2, 0.25) is 0 Å². The number of allylic oxidation sites excluding steroid dienone is 4. The summed E-state index contributed by atoms with van der Waals surface area (Å²) in [6.07, 6.45) is 3.90. The van der Waals surface area contributed by atoms with Crippen molar-refractivity contribution < 1.29 is 4.39 Å². The van der Waals surface area contributed by atoms with Gasteiger partial charge in [-0.3, -0.25) is 0 Å². The van der Waals surface area contributed by atoms with Crippen LogP contribution in [0.1, 0.15) is 25.8 Å². The van der Waals surface area contributed by atoms with E-state index >= 15 is 0 Å². The third kappa shape index (κ3) is 2.84. The Morgan fingerprint density at radius 1 is 1.29 bits per heavy atom. The normalized spacial score (nSPS) is 13.1. The van der Waals surface area contributed by atoms with Gasteiger partial charge in [0.2, 0.25) is 0 Å². The van der Waals surface area contributed by atoms with E-state index in [9.17, 15) is 4.39 Å². The van der Waals surface area contributed by atoms with Gasteiger partial charge in [-0.05, 0) is 30.6 Å². The van der Waals surface area contributed by atoms with Crippen molar-refractivity contribution >= 4 is 5.57 Å². The molecule has 0 N–H and O–H groups in total. The Kier molecular flexibility index (Phi) is 4.11. The zero-order chi connectivity index (χ0) is 10.4. The zero-order valence-electron chi connectivity index (χ0n) is 8.63. The lowest BCUT2D eigenvalue weighted by Gasteiger charge is -2.03. The van der Waals surface area contributed by atoms with Crippen molar-refractivity contribution in [2.24, 2.45) is 0 Å². The zero-order valence-corrected chi connectivity index (χ0v) is 8.63. The minimum atomic E-state index is -0.175. The molecule has 0 radical (unpaired) electrons. The Morgan fingerprint density at radius 2 is 1.93 bits per heavy atom. The molecule has 0 nitrogen and oxygen atoms in total. The lowest BCUT2D eigenvalue weighted by molar-refractivity contribution is 0.665. The maximum atomic E-state index is 13.0. The summed E-state index contributed by atoms with van der Waals surface area (Å²) in [5, 5.41) is 0. The molecule has 0 spiro atoms. The first-order chi connectivity index (χ1) is 6.77. The third-order valence-electron chi connectivity index (χ3n) is 2.11. The average molecular weight is 190 g/mol. The molecule has 0 aliphatic heterocycles. The van der Waals surface area contributed by atoms with Gasteiger partial charge >= 0.3 is 0 Å². The van der Waals surface area contributed by atoms with E-state index in [1.54, 1.807) is 13.0 Å². The van der Waals surface area contributed by atoms with Gasteiger partial charge in [0.15, 0.2) is 0 Å². The van der Waals surface area contributed by atoms with Gasteiger partial charge in [-0.25, -0.2) is 4.39 Å². The summed E-state index contributed by atoms with van der Waals surface area (Å²) >= 11 is 0. The summed E-state index contributed by atoms with van der Waals surface area (Å²) in [5.41, 5.74) is 2.12. The molecule has 0 aromatic heterocycles. The summed E-state index contributed by atoms with van der Waals surface area (Å²) in [5.74, 6) is -0.175. The fourth-order valence-corrected chi connectivity index (χ4v) is 1.29. The molecule has 0 fully saturated rings. The molecule has 1 rings (SSSR count). The lowest BCUT2D eigenvalue weighted by atomic mass is 10.0. The van der Waals surface area contributed by atoms with Crippen LogP contribution in [0.5, 0.6) is 0 Å². The molecule has 0 atom stereocenters. The van der Waals surface area contributed by atoms with Crippen molar-refractivity contribution in [1.29, 1.82) is 0 Å². The highest BCUT2D eigenvalue weighted by atomic mass is 19.1. The minimum absolute atomic E-state index is 0.175. The second-order valence-electron chi connectivity index (χ2n) is 3.06. The highest BCUT2D eigenvalue weighted by molar-refractivity contribution is 5.67. The van der Waals surface area contributed by atoms with Crippen LogP contribution in [0.25, 0.3) is 5.57 Å². The van der Waals surface area contributed by atoms with Gasteiger partial charge < -0.3 is 0 Å². The molecule has 0 amide bonds. The van der Waals surface area contributed by atoms with Gasteiger partial charge in [0, 0.05) is 0 Å². The van der Waals surface area contributed by atoms with E-state index in [0.717, 1.165) is 17.6 Å². The van der Waals surface area contributed by atoms with Gasteiger partial charge in [0.05, 0.1) is 0 Å². The quantitative estimate of drug-likeness (QED) is 0.621. The summed E-state index contributed by atoms with van der Waals surface area (Å²) in [6.45, 7) is 3.73. The number of hydrogen-bond donors (Lipinski definition) is 0. The standard InChI is InChI=1S/C13H15F/c1-3-11(10-13(14)4-2)12-8-6-5-7-9-12/h4-10H,3H2,1-2H3/b11-10+,13-4?. The highest BCUT2D eigenvalue weighted by Gasteiger charge is 1.98. The number of benzene rings is 1. The molecular weight excluding hydrogens is 175 g/mol. The van der Waals surface area contributed by atoms with E-state index in [4.69, 9.17) is 0 Å². The summed E-state index contributed by atoms with van der Waals surface area (Å²) in [6, 6.07) is 9.89. The van der Waals surface area contributed by atoms with E-state index in [1.165, 1.54) is 6.08 Å². The number of rotatable bonds is 3. The molecule has 14 heavy (non-hydrogen) atoms. The summed E-state index contributed by atoms with van der Waals surface area (Å²) in [4.78, 5) is 0. The fourth-order valence-electron chi connectivity index (χ4n) is 1.29. The van der Waals surface area contributed by atoms with Crippen molar-refractivity contribution in [2.75, 3.05) is 0 Å². The van der Waals surface area contributed by atoms with Crippen LogP contribution in [0.4, 0.5) is 4.39 Å². The van der Waals surface area contributed by atoms with Crippen LogP contribution in [-0.4, -0.2) is 0 Å². The van der Waals surface area contributed by atoms with Crippen molar-refractivity contribution in [2.45, 2.75) is 20.3 Å². The van der Waals surface area contributed by atoms with Crippen molar-refractivity contribution in [1.82, 2.24) is 0 Å². The van der Waals surface area contributed by atoms with E-state index in [1.807, 2.05) is 37.3 Å². The predicted octanol–water partition coefficient (Wildman–Crippen LogP) is 4.35. The Bertz CT molecular complexity index is 334. The SMILES string of the molecule is CC=C(F)/C=C(\CC)c1ccccc1. The van der Waals surface area contributed by atoms with Crippen molar-refractivity contribution in [3.05, 3.63) is 53.9 Å². The molecule has 0 aliphatic rings. The van der Waals surface area contributed by atoms with Crippen molar-refractivity contribution in [3.63, 3.8) is 0 Å². The van der Waals surface area contributed by atoms with Crippen LogP contribution in [0.3, 0.4) is 0 Å². The first-order valence-electron chi connectivity index (χ1n) is 4.85. The van der Waals surface area contributed by atoms with Gasteiger partial charge in [0.1, 0.15) is 5.83 Å². The second kappa shape index (κ2) is 5.38. The van der Waals surface area contributed by atoms with Crippen LogP contribution in [-0.2, 0) is 0 Å². The Hall–Kier alpha value is -1.37. The highest BCUT2D eigenvalue weighted by Crippen LogP contribution is 2.19. The molecule has 1 aromatic rings. The van der Waals surface area contributed by atoms with E-state index in [2.05, 4.69) is 0 Å². The molecular formula is C13H15F. The van der Waals surface area contributed by atoms with E-state index in [0.29, 0.717) is 0 Å². The van der Waals surface area contributed by atoms with Gasteiger partial charge in [-0.2, -0.15) is 0 Å². The lowest BCUT2D eigenvalue weighted by Crippen LogP contribution is -1.82. The largest absolute Gasteiger partial charge is 0.207 e. The van der Waals surface area contributed by atoms with Gasteiger partial charge in [-0.1, -0.05) is 43.3 Å². The molecule has 0 aliphatic carbocycles. The smallest absolute Gasteiger partial charge is 0.119 e. The van der Waals surface area contributed by atoms with Crippen LogP contribution in [0.15, 0.2) is 48.3 Å². The van der Waals surface area contributed by atoms with Crippen LogP contribution >= 0.6 is 0 Å². The first kappa shape index (κ1) is 10.7. The molecule has 1 heteroatoms. The van der Waals surface area contributed by atoms with Crippen LogP contribution in [0, 0.1) is 0 Å². The molecule has 0 unspecified atom stereocenters. The number of hydrogen-bond acceptors (Lipinski definition) is 0. The molecule has 0 saturated carbocycles. The monoisotopic (exact) mass is 190 g/mol. The molecule has 0 saturated heterocycles. The summed E-state index contributed by atoms with van der Waals surface area (Å²) in [7, 11) is 0. The van der Waals surface area contributed by atoms with E-state index in [-0.39, 0.29) is 5.83 Å². The van der Waals surface area contributed by atoms with E-state index < -0.39 is 0 Å². The minimum Gasteiger partial charge on any atom is -0.207 e. The number of halogens is 1. The molecule has 0 heterocycles. The predicted molar refractivity (Wildman–Crippen MR) is 59.6 cm³/mol. The average Bonchev–Trinajstić information content (AvgIpc) is 2.26. The van der Waals surface area contributed by atoms with Gasteiger partial charge in [0.25, 0.3) is 0 Å². The van der Waals surface area contributed by atoms with Crippen molar-refractivity contribution in [3.8, 4) is 0 Å². The Balaban J connectivity index is 2.99.